The molecular formula is C14H22ClN3. The number of nitrogens with two attached hydrogens (primary N) is 1. The van der Waals surface area contributed by atoms with Crippen molar-refractivity contribution in [2.75, 3.05) is 13.1 Å². The molecule has 1 aromatic rings. The highest BCUT2D eigenvalue weighted by atomic mass is 35.5. The Morgan fingerprint density at radius 1 is 1.28 bits per heavy atom. The van der Waals surface area contributed by atoms with Gasteiger partial charge in [0.15, 0.2) is 0 Å². The lowest BCUT2D eigenvalue weighted by atomic mass is 10.1. The van der Waals surface area contributed by atoms with E-state index >= 15 is 0 Å². The van der Waals surface area contributed by atoms with E-state index in [4.69, 9.17) is 22.7 Å². The minimum atomic E-state index is 0.0578. The molecule has 1 rings (SSSR count). The van der Waals surface area contributed by atoms with Crippen molar-refractivity contribution in [1.29, 1.82) is 5.41 Å². The second-order valence-electron chi connectivity index (χ2n) is 4.50. The zero-order chi connectivity index (χ0) is 13.5. The van der Waals surface area contributed by atoms with Crippen LogP contribution in [0, 0.1) is 5.41 Å². The third kappa shape index (κ3) is 4.31. The number of benzene rings is 1. The summed E-state index contributed by atoms with van der Waals surface area (Å²) in [5.41, 5.74) is 7.23. The van der Waals surface area contributed by atoms with Crippen LogP contribution in [0.4, 0.5) is 0 Å². The van der Waals surface area contributed by atoms with Crippen LogP contribution >= 0.6 is 11.6 Å². The van der Waals surface area contributed by atoms with E-state index in [1.54, 1.807) is 6.07 Å². The van der Waals surface area contributed by atoms with Crippen LogP contribution in [0.3, 0.4) is 0 Å². The van der Waals surface area contributed by atoms with Gasteiger partial charge in [0, 0.05) is 17.1 Å². The van der Waals surface area contributed by atoms with Gasteiger partial charge < -0.3 is 5.73 Å². The van der Waals surface area contributed by atoms with Crippen LogP contribution in [0.1, 0.15) is 37.8 Å². The van der Waals surface area contributed by atoms with Gasteiger partial charge in [-0.2, -0.15) is 0 Å². The zero-order valence-electron chi connectivity index (χ0n) is 11.2. The fourth-order valence-electron chi connectivity index (χ4n) is 1.99. The van der Waals surface area contributed by atoms with E-state index < -0.39 is 0 Å². The highest BCUT2D eigenvalue weighted by molar-refractivity contribution is 6.31. The molecule has 4 heteroatoms. The predicted octanol–water partition coefficient (Wildman–Crippen LogP) is 3.25. The number of rotatable bonds is 7. The summed E-state index contributed by atoms with van der Waals surface area (Å²) >= 11 is 6.24. The Labute approximate surface area is 114 Å². The summed E-state index contributed by atoms with van der Waals surface area (Å²) in [4.78, 5) is 2.40. The standard InChI is InChI=1S/C14H22ClN3/c1-3-7-18(8-4-2)10-12-6-5-11(14(16)17)9-13(12)15/h5-6,9H,3-4,7-8,10H2,1-2H3,(H3,16,17). The fourth-order valence-corrected chi connectivity index (χ4v) is 2.23. The zero-order valence-corrected chi connectivity index (χ0v) is 11.9. The highest BCUT2D eigenvalue weighted by Crippen LogP contribution is 2.19. The van der Waals surface area contributed by atoms with Crippen molar-refractivity contribution in [3.05, 3.63) is 34.3 Å². The predicted molar refractivity (Wildman–Crippen MR) is 78.3 cm³/mol. The molecule has 3 N–H and O–H groups in total. The number of nitrogens with zero attached hydrogens (tertiary/aromatic N) is 1. The Kier molecular flexibility index (Phi) is 6.16. The maximum atomic E-state index is 7.38. The monoisotopic (exact) mass is 267 g/mol. The highest BCUT2D eigenvalue weighted by Gasteiger charge is 2.08. The van der Waals surface area contributed by atoms with E-state index in [9.17, 15) is 0 Å². The quantitative estimate of drug-likeness (QED) is 0.589. The van der Waals surface area contributed by atoms with Crippen molar-refractivity contribution in [2.24, 2.45) is 5.73 Å². The third-order valence-corrected chi connectivity index (χ3v) is 3.19. The second kappa shape index (κ2) is 7.39. The molecule has 0 amide bonds. The molecule has 0 aliphatic rings. The molecule has 0 spiro atoms. The first-order valence-corrected chi connectivity index (χ1v) is 6.81. The summed E-state index contributed by atoms with van der Waals surface area (Å²) in [6.45, 7) is 7.39. The van der Waals surface area contributed by atoms with E-state index in [0.717, 1.165) is 38.0 Å². The smallest absolute Gasteiger partial charge is 0.122 e. The van der Waals surface area contributed by atoms with Gasteiger partial charge in [-0.1, -0.05) is 37.6 Å². The topological polar surface area (TPSA) is 53.1 Å². The molecule has 3 nitrogen and oxygen atoms in total. The van der Waals surface area contributed by atoms with Gasteiger partial charge in [-0.15, -0.1) is 0 Å². The lowest BCUT2D eigenvalue weighted by molar-refractivity contribution is 0.266. The molecule has 0 radical (unpaired) electrons. The Hall–Kier alpha value is -1.06. The Balaban J connectivity index is 2.79. The van der Waals surface area contributed by atoms with Crippen molar-refractivity contribution in [2.45, 2.75) is 33.2 Å². The summed E-state index contributed by atoms with van der Waals surface area (Å²) in [6, 6.07) is 5.60. The molecule has 0 saturated carbocycles. The molecule has 1 aromatic carbocycles. The average Bonchev–Trinajstić information content (AvgIpc) is 2.32. The van der Waals surface area contributed by atoms with Gasteiger partial charge in [0.25, 0.3) is 0 Å². The third-order valence-electron chi connectivity index (χ3n) is 2.84. The molecule has 100 valence electrons. The van der Waals surface area contributed by atoms with Gasteiger partial charge in [0.2, 0.25) is 0 Å². The Morgan fingerprint density at radius 2 is 1.89 bits per heavy atom. The van der Waals surface area contributed by atoms with Crippen LogP contribution < -0.4 is 5.73 Å². The minimum Gasteiger partial charge on any atom is -0.384 e. The summed E-state index contributed by atoms with van der Waals surface area (Å²) in [7, 11) is 0. The number of amidine groups is 1. The second-order valence-corrected chi connectivity index (χ2v) is 4.90. The first-order valence-electron chi connectivity index (χ1n) is 6.43. The first-order chi connectivity index (χ1) is 8.58. The van der Waals surface area contributed by atoms with Gasteiger partial charge >= 0.3 is 0 Å². The number of hydrogen-bond acceptors (Lipinski definition) is 2. The lowest BCUT2D eigenvalue weighted by Gasteiger charge is -2.21. The van der Waals surface area contributed by atoms with Crippen molar-refractivity contribution in [1.82, 2.24) is 4.90 Å². The van der Waals surface area contributed by atoms with Gasteiger partial charge in [-0.25, -0.2) is 0 Å². The Bertz CT molecular complexity index is 398. The molecule has 0 atom stereocenters. The van der Waals surface area contributed by atoms with Gasteiger partial charge in [-0.3, -0.25) is 10.3 Å². The maximum Gasteiger partial charge on any atom is 0.122 e. The van der Waals surface area contributed by atoms with Crippen LogP contribution in [0.25, 0.3) is 0 Å². The number of nitrogens with one attached hydrogen (secondary N) is 1. The van der Waals surface area contributed by atoms with Crippen LogP contribution in [0.5, 0.6) is 0 Å². The van der Waals surface area contributed by atoms with Crippen molar-refractivity contribution < 1.29 is 0 Å². The summed E-state index contributed by atoms with van der Waals surface area (Å²) in [5.74, 6) is 0.0578. The molecular weight excluding hydrogens is 246 g/mol. The number of nitrogen functional groups attached to an aromatic ring is 1. The van der Waals surface area contributed by atoms with Crippen molar-refractivity contribution in [3.63, 3.8) is 0 Å². The van der Waals surface area contributed by atoms with E-state index in [0.29, 0.717) is 10.6 Å². The van der Waals surface area contributed by atoms with Crippen LogP contribution in [-0.4, -0.2) is 23.8 Å². The average molecular weight is 268 g/mol. The van der Waals surface area contributed by atoms with Crippen LogP contribution in [0.2, 0.25) is 5.02 Å². The number of hydrogen-bond donors (Lipinski definition) is 2. The summed E-state index contributed by atoms with van der Waals surface area (Å²) in [6.07, 6.45) is 2.28. The minimum absolute atomic E-state index is 0.0578. The Morgan fingerprint density at radius 3 is 2.33 bits per heavy atom. The summed E-state index contributed by atoms with van der Waals surface area (Å²) in [5, 5.41) is 8.08. The van der Waals surface area contributed by atoms with E-state index in [2.05, 4.69) is 18.7 Å². The maximum absolute atomic E-state index is 7.38. The van der Waals surface area contributed by atoms with Gasteiger partial charge in [0.05, 0.1) is 0 Å². The molecule has 0 bridgehead atoms. The molecule has 0 heterocycles. The van der Waals surface area contributed by atoms with Gasteiger partial charge in [0.1, 0.15) is 5.84 Å². The van der Waals surface area contributed by atoms with E-state index in [1.165, 1.54) is 0 Å². The van der Waals surface area contributed by atoms with Crippen molar-refractivity contribution in [3.8, 4) is 0 Å². The number of halogens is 1. The molecule has 18 heavy (non-hydrogen) atoms. The normalized spacial score (nSPS) is 10.9. The summed E-state index contributed by atoms with van der Waals surface area (Å²) < 4.78 is 0. The molecule has 0 aromatic heterocycles. The molecule has 0 aliphatic carbocycles. The van der Waals surface area contributed by atoms with Gasteiger partial charge in [-0.05, 0) is 37.6 Å². The largest absolute Gasteiger partial charge is 0.384 e. The molecule has 0 unspecified atom stereocenters. The first kappa shape index (κ1) is 15.0. The van der Waals surface area contributed by atoms with E-state index in [1.807, 2.05) is 12.1 Å². The fraction of sp³-hybridized carbons (Fsp3) is 0.500. The SMILES string of the molecule is CCCN(CCC)Cc1ccc(C(=N)N)cc1Cl. The van der Waals surface area contributed by atoms with Crippen LogP contribution in [0.15, 0.2) is 18.2 Å². The van der Waals surface area contributed by atoms with Crippen LogP contribution in [-0.2, 0) is 6.54 Å². The molecule has 0 fully saturated rings. The molecule has 0 aliphatic heterocycles. The molecule has 0 saturated heterocycles. The van der Waals surface area contributed by atoms with Crippen molar-refractivity contribution >= 4 is 17.4 Å². The lowest BCUT2D eigenvalue weighted by Crippen LogP contribution is -2.25. The van der Waals surface area contributed by atoms with E-state index in [-0.39, 0.29) is 5.84 Å².